The quantitative estimate of drug-likeness (QED) is 0.742. The smallest absolute Gasteiger partial charge is 0.302 e. The standard InChI is InChI=1S/C19H19N3O3/c1-4-13(25-12(3)23)9-14-11(2)15(10-20)18-21-16-7-5-6-8-17(16)22(18)19(14)24/h5-8,13,21H,4,9H2,1-3H3. The Labute approximate surface area is 144 Å². The molecule has 3 aromatic rings. The third-order valence-electron chi connectivity index (χ3n) is 4.48. The molecule has 0 aliphatic heterocycles. The number of nitrogens with zero attached hydrogens (tertiary/aromatic N) is 2. The number of carbonyl (C=O) groups is 1. The SMILES string of the molecule is CCC(Cc1c(C)c(C#N)c2[nH]c3ccccc3n2c1=O)OC(C)=O. The molecule has 2 aromatic heterocycles. The van der Waals surface area contributed by atoms with E-state index >= 15 is 0 Å². The number of para-hydroxylation sites is 2. The molecule has 25 heavy (non-hydrogen) atoms. The minimum atomic E-state index is -0.390. The molecular formula is C19H19N3O3. The summed E-state index contributed by atoms with van der Waals surface area (Å²) in [5.74, 6) is -0.377. The van der Waals surface area contributed by atoms with Crippen molar-refractivity contribution in [2.75, 3.05) is 0 Å². The summed E-state index contributed by atoms with van der Waals surface area (Å²) in [4.78, 5) is 27.6. The number of fused-ring (bicyclic) bond motifs is 3. The fourth-order valence-corrected chi connectivity index (χ4v) is 3.20. The average Bonchev–Trinajstić information content (AvgIpc) is 2.96. The van der Waals surface area contributed by atoms with E-state index in [-0.39, 0.29) is 17.9 Å². The van der Waals surface area contributed by atoms with E-state index in [1.54, 1.807) is 6.92 Å². The topological polar surface area (TPSA) is 87.4 Å². The van der Waals surface area contributed by atoms with Gasteiger partial charge in [0.25, 0.3) is 5.56 Å². The summed E-state index contributed by atoms with van der Waals surface area (Å²) in [7, 11) is 0. The van der Waals surface area contributed by atoms with Gasteiger partial charge in [0.15, 0.2) is 0 Å². The normalized spacial score (nSPS) is 12.2. The summed E-state index contributed by atoms with van der Waals surface area (Å²) in [5, 5.41) is 9.62. The zero-order chi connectivity index (χ0) is 18.1. The van der Waals surface area contributed by atoms with Gasteiger partial charge < -0.3 is 9.72 Å². The van der Waals surface area contributed by atoms with Crippen molar-refractivity contribution in [2.24, 2.45) is 0 Å². The van der Waals surface area contributed by atoms with Crippen LogP contribution < -0.4 is 5.56 Å². The van der Waals surface area contributed by atoms with Crippen molar-refractivity contribution in [3.63, 3.8) is 0 Å². The second-order valence-corrected chi connectivity index (χ2v) is 6.07. The molecule has 1 unspecified atom stereocenters. The van der Waals surface area contributed by atoms with E-state index in [9.17, 15) is 14.9 Å². The number of ether oxygens (including phenoxy) is 1. The Balaban J connectivity index is 2.29. The van der Waals surface area contributed by atoms with E-state index in [0.29, 0.717) is 28.8 Å². The van der Waals surface area contributed by atoms with Crippen LogP contribution in [-0.2, 0) is 16.0 Å². The van der Waals surface area contributed by atoms with E-state index in [1.165, 1.54) is 11.3 Å². The number of esters is 1. The third-order valence-corrected chi connectivity index (χ3v) is 4.48. The van der Waals surface area contributed by atoms with Crippen molar-refractivity contribution >= 4 is 22.6 Å². The molecule has 0 bridgehead atoms. The Morgan fingerprint density at radius 3 is 2.76 bits per heavy atom. The van der Waals surface area contributed by atoms with Gasteiger partial charge in [0.1, 0.15) is 17.8 Å². The van der Waals surface area contributed by atoms with Crippen LogP contribution in [0.2, 0.25) is 0 Å². The van der Waals surface area contributed by atoms with Gasteiger partial charge in [-0.05, 0) is 31.0 Å². The molecule has 1 N–H and O–H groups in total. The van der Waals surface area contributed by atoms with E-state index < -0.39 is 6.10 Å². The first-order valence-corrected chi connectivity index (χ1v) is 8.20. The van der Waals surface area contributed by atoms with Crippen molar-refractivity contribution < 1.29 is 9.53 Å². The van der Waals surface area contributed by atoms with Crippen molar-refractivity contribution in [1.29, 1.82) is 5.26 Å². The number of imidazole rings is 1. The lowest BCUT2D eigenvalue weighted by Crippen LogP contribution is -2.27. The highest BCUT2D eigenvalue weighted by molar-refractivity contribution is 5.83. The number of hydrogen-bond acceptors (Lipinski definition) is 4. The van der Waals surface area contributed by atoms with E-state index in [0.717, 1.165) is 11.0 Å². The van der Waals surface area contributed by atoms with Gasteiger partial charge in [-0.3, -0.25) is 14.0 Å². The van der Waals surface area contributed by atoms with E-state index in [1.807, 2.05) is 31.2 Å². The first-order valence-electron chi connectivity index (χ1n) is 8.20. The van der Waals surface area contributed by atoms with Gasteiger partial charge in [-0.2, -0.15) is 5.26 Å². The fraction of sp³-hybridized carbons (Fsp3) is 0.316. The molecule has 0 fully saturated rings. The fourth-order valence-electron chi connectivity index (χ4n) is 3.20. The summed E-state index contributed by atoms with van der Waals surface area (Å²) >= 11 is 0. The molecule has 6 nitrogen and oxygen atoms in total. The molecule has 128 valence electrons. The molecular weight excluding hydrogens is 318 g/mol. The highest BCUT2D eigenvalue weighted by atomic mass is 16.5. The highest BCUT2D eigenvalue weighted by Crippen LogP contribution is 2.22. The van der Waals surface area contributed by atoms with Gasteiger partial charge in [0.05, 0.1) is 16.6 Å². The number of H-pyrrole nitrogens is 1. The molecule has 3 rings (SSSR count). The molecule has 0 saturated carbocycles. The average molecular weight is 337 g/mol. The van der Waals surface area contributed by atoms with Crippen LogP contribution >= 0.6 is 0 Å². The number of benzene rings is 1. The Morgan fingerprint density at radius 2 is 2.12 bits per heavy atom. The number of nitriles is 1. The molecule has 0 saturated heterocycles. The van der Waals surface area contributed by atoms with Gasteiger partial charge >= 0.3 is 5.97 Å². The zero-order valence-electron chi connectivity index (χ0n) is 14.4. The Bertz CT molecular complexity index is 1070. The Morgan fingerprint density at radius 1 is 1.40 bits per heavy atom. The van der Waals surface area contributed by atoms with Crippen molar-refractivity contribution in [2.45, 2.75) is 39.7 Å². The molecule has 0 radical (unpaired) electrons. The predicted molar refractivity (Wildman–Crippen MR) is 94.5 cm³/mol. The minimum Gasteiger partial charge on any atom is -0.462 e. The summed E-state index contributed by atoms with van der Waals surface area (Å²) in [6.07, 6.45) is 0.494. The van der Waals surface area contributed by atoms with Gasteiger partial charge in [0, 0.05) is 18.9 Å². The number of nitrogens with one attached hydrogen (secondary N) is 1. The van der Waals surface area contributed by atoms with Gasteiger partial charge in [0.2, 0.25) is 0 Å². The lowest BCUT2D eigenvalue weighted by molar-refractivity contribution is -0.146. The number of aromatic amines is 1. The third kappa shape index (κ3) is 2.78. The highest BCUT2D eigenvalue weighted by Gasteiger charge is 2.21. The summed E-state index contributed by atoms with van der Waals surface area (Å²) in [6, 6.07) is 9.62. The van der Waals surface area contributed by atoms with E-state index in [4.69, 9.17) is 4.74 Å². The predicted octanol–water partition coefficient (Wildman–Crippen LogP) is 2.85. The van der Waals surface area contributed by atoms with Crippen LogP contribution in [0.1, 0.15) is 37.0 Å². The number of aromatic nitrogens is 2. The second kappa shape index (κ2) is 6.44. The lowest BCUT2D eigenvalue weighted by atomic mass is 9.99. The van der Waals surface area contributed by atoms with Crippen LogP contribution in [0.25, 0.3) is 16.7 Å². The number of carbonyl (C=O) groups excluding carboxylic acids is 1. The lowest BCUT2D eigenvalue weighted by Gasteiger charge is -2.17. The van der Waals surface area contributed by atoms with Crippen LogP contribution in [0.4, 0.5) is 0 Å². The second-order valence-electron chi connectivity index (χ2n) is 6.07. The minimum absolute atomic E-state index is 0.186. The molecule has 0 aliphatic rings. The number of hydrogen-bond donors (Lipinski definition) is 1. The van der Waals surface area contributed by atoms with Crippen LogP contribution in [0.5, 0.6) is 0 Å². The van der Waals surface area contributed by atoms with Gasteiger partial charge in [-0.15, -0.1) is 0 Å². The molecule has 0 spiro atoms. The van der Waals surface area contributed by atoms with Crippen LogP contribution in [0.3, 0.4) is 0 Å². The van der Waals surface area contributed by atoms with Crippen LogP contribution in [0.15, 0.2) is 29.1 Å². The monoisotopic (exact) mass is 337 g/mol. The molecule has 2 heterocycles. The van der Waals surface area contributed by atoms with E-state index in [2.05, 4.69) is 11.1 Å². The number of pyridine rings is 1. The summed E-state index contributed by atoms with van der Waals surface area (Å²) in [6.45, 7) is 5.02. The molecule has 0 amide bonds. The molecule has 1 atom stereocenters. The summed E-state index contributed by atoms with van der Waals surface area (Å²) in [5.41, 5.74) is 3.39. The van der Waals surface area contributed by atoms with Crippen molar-refractivity contribution in [1.82, 2.24) is 9.38 Å². The first-order chi connectivity index (χ1) is 12.0. The molecule has 1 aromatic carbocycles. The molecule has 6 heteroatoms. The number of rotatable bonds is 4. The zero-order valence-corrected chi connectivity index (χ0v) is 14.4. The Kier molecular flexibility index (Phi) is 4.32. The maximum atomic E-state index is 13.1. The molecule has 0 aliphatic carbocycles. The van der Waals surface area contributed by atoms with Crippen LogP contribution in [-0.4, -0.2) is 21.5 Å². The largest absolute Gasteiger partial charge is 0.462 e. The summed E-state index contributed by atoms with van der Waals surface area (Å²) < 4.78 is 6.83. The van der Waals surface area contributed by atoms with Gasteiger partial charge in [-0.1, -0.05) is 19.1 Å². The maximum Gasteiger partial charge on any atom is 0.302 e. The first kappa shape index (κ1) is 16.8. The Hall–Kier alpha value is -3.07. The van der Waals surface area contributed by atoms with Crippen molar-refractivity contribution in [3.05, 3.63) is 51.3 Å². The van der Waals surface area contributed by atoms with Crippen molar-refractivity contribution in [3.8, 4) is 6.07 Å². The maximum absolute atomic E-state index is 13.1. The van der Waals surface area contributed by atoms with Gasteiger partial charge in [-0.25, -0.2) is 0 Å². The van der Waals surface area contributed by atoms with Crippen LogP contribution in [0, 0.1) is 18.3 Å².